The van der Waals surface area contributed by atoms with E-state index in [1.807, 2.05) is 17.9 Å². The highest BCUT2D eigenvalue weighted by Gasteiger charge is 2.29. The van der Waals surface area contributed by atoms with Gasteiger partial charge in [-0.05, 0) is 26.7 Å². The fraction of sp³-hybridized carbons (Fsp3) is 0.765. The second kappa shape index (κ2) is 7.21. The van der Waals surface area contributed by atoms with Crippen molar-refractivity contribution in [2.45, 2.75) is 77.1 Å². The lowest BCUT2D eigenvalue weighted by Gasteiger charge is -2.32. The van der Waals surface area contributed by atoms with Crippen LogP contribution in [0, 0.1) is 0 Å². The first-order valence-electron chi connectivity index (χ1n) is 9.15. The van der Waals surface area contributed by atoms with Gasteiger partial charge in [0.25, 0.3) is 0 Å². The molecule has 0 aliphatic heterocycles. The fourth-order valence-electron chi connectivity index (χ4n) is 3.47. The van der Waals surface area contributed by atoms with Gasteiger partial charge in [0.05, 0.1) is 18.8 Å². The van der Waals surface area contributed by atoms with Crippen molar-refractivity contribution in [2.24, 2.45) is 7.05 Å². The van der Waals surface area contributed by atoms with E-state index in [1.54, 1.807) is 13.8 Å². The molecule has 3 rings (SSSR count). The first-order valence-corrected chi connectivity index (χ1v) is 9.15. The van der Waals surface area contributed by atoms with E-state index in [2.05, 4.69) is 37.3 Å². The summed E-state index contributed by atoms with van der Waals surface area (Å²) in [5, 5.41) is 30.7. The standard InChI is InChI=1S/C17H29N7O/c1-5-15-20-21-16(23(15)4)10-18-12-8-6-7-9-13(12)24-11-14(19-22-24)17(2,3)25/h11-13,18,25H,5-10H2,1-4H3/t12-,13+/m0/s1. The Morgan fingerprint density at radius 1 is 1.20 bits per heavy atom. The summed E-state index contributed by atoms with van der Waals surface area (Å²) in [5.41, 5.74) is -0.358. The Morgan fingerprint density at radius 2 is 1.92 bits per heavy atom. The molecule has 0 amide bonds. The lowest BCUT2D eigenvalue weighted by atomic mass is 9.90. The SMILES string of the molecule is CCc1nnc(CN[C@H]2CCCC[C@H]2n2cc(C(C)(C)O)nn2)n1C. The van der Waals surface area contributed by atoms with Crippen LogP contribution in [0.5, 0.6) is 0 Å². The van der Waals surface area contributed by atoms with Crippen LogP contribution < -0.4 is 5.32 Å². The second-order valence-electron chi connectivity index (χ2n) is 7.43. The molecule has 8 heteroatoms. The van der Waals surface area contributed by atoms with E-state index in [0.29, 0.717) is 18.3 Å². The summed E-state index contributed by atoms with van der Waals surface area (Å²) < 4.78 is 3.98. The summed E-state index contributed by atoms with van der Waals surface area (Å²) in [5.74, 6) is 1.96. The third-order valence-corrected chi connectivity index (χ3v) is 5.10. The van der Waals surface area contributed by atoms with Crippen molar-refractivity contribution in [3.8, 4) is 0 Å². The quantitative estimate of drug-likeness (QED) is 0.822. The maximum absolute atomic E-state index is 10.1. The molecule has 2 aromatic heterocycles. The molecule has 2 aromatic rings. The van der Waals surface area contributed by atoms with Gasteiger partial charge in [0.15, 0.2) is 0 Å². The number of nitrogens with zero attached hydrogens (tertiary/aromatic N) is 6. The summed E-state index contributed by atoms with van der Waals surface area (Å²) in [6, 6.07) is 0.558. The Hall–Kier alpha value is -1.80. The first kappa shape index (κ1) is 18.0. The minimum absolute atomic E-state index is 0.247. The Bertz CT molecular complexity index is 700. The van der Waals surface area contributed by atoms with Gasteiger partial charge in [-0.2, -0.15) is 0 Å². The van der Waals surface area contributed by atoms with Crippen LogP contribution in [0.4, 0.5) is 0 Å². The molecule has 0 unspecified atom stereocenters. The van der Waals surface area contributed by atoms with E-state index in [1.165, 1.54) is 12.8 Å². The zero-order valence-electron chi connectivity index (χ0n) is 15.6. The van der Waals surface area contributed by atoms with E-state index >= 15 is 0 Å². The van der Waals surface area contributed by atoms with Gasteiger partial charge < -0.3 is 15.0 Å². The molecule has 0 saturated heterocycles. The summed E-state index contributed by atoms with van der Waals surface area (Å²) in [6.07, 6.45) is 7.31. The maximum Gasteiger partial charge on any atom is 0.146 e. The van der Waals surface area contributed by atoms with Gasteiger partial charge in [-0.1, -0.05) is 25.0 Å². The van der Waals surface area contributed by atoms with Crippen LogP contribution in [0.3, 0.4) is 0 Å². The van der Waals surface area contributed by atoms with E-state index in [-0.39, 0.29) is 6.04 Å². The number of nitrogens with one attached hydrogen (secondary N) is 1. The largest absolute Gasteiger partial charge is 0.384 e. The van der Waals surface area contributed by atoms with Gasteiger partial charge in [-0.25, -0.2) is 4.68 Å². The number of hydrogen-bond acceptors (Lipinski definition) is 6. The third-order valence-electron chi connectivity index (χ3n) is 5.10. The van der Waals surface area contributed by atoms with Crippen molar-refractivity contribution in [3.63, 3.8) is 0 Å². The smallest absolute Gasteiger partial charge is 0.146 e. The molecule has 1 aliphatic carbocycles. The lowest BCUT2D eigenvalue weighted by molar-refractivity contribution is 0.0736. The molecule has 0 spiro atoms. The van der Waals surface area contributed by atoms with Gasteiger partial charge in [-0.3, -0.25) is 0 Å². The van der Waals surface area contributed by atoms with Crippen LogP contribution in [0.2, 0.25) is 0 Å². The molecule has 25 heavy (non-hydrogen) atoms. The van der Waals surface area contributed by atoms with Crippen LogP contribution >= 0.6 is 0 Å². The van der Waals surface area contributed by atoms with Gasteiger partial charge in [-0.15, -0.1) is 15.3 Å². The number of aryl methyl sites for hydroxylation is 1. The molecule has 2 atom stereocenters. The topological polar surface area (TPSA) is 93.7 Å². The molecule has 2 N–H and O–H groups in total. The Kier molecular flexibility index (Phi) is 5.19. The van der Waals surface area contributed by atoms with Crippen LogP contribution in [-0.2, 0) is 25.6 Å². The highest BCUT2D eigenvalue weighted by atomic mass is 16.3. The van der Waals surface area contributed by atoms with Crippen LogP contribution in [-0.4, -0.2) is 40.9 Å². The third kappa shape index (κ3) is 3.90. The first-order chi connectivity index (χ1) is 11.9. The molecule has 0 aromatic carbocycles. The van der Waals surface area contributed by atoms with Crippen molar-refractivity contribution in [1.82, 2.24) is 35.1 Å². The summed E-state index contributed by atoms with van der Waals surface area (Å²) in [6.45, 7) is 6.25. The van der Waals surface area contributed by atoms with Crippen LogP contribution in [0.1, 0.15) is 69.8 Å². The van der Waals surface area contributed by atoms with Crippen molar-refractivity contribution in [1.29, 1.82) is 0 Å². The minimum Gasteiger partial charge on any atom is -0.384 e. The molecule has 0 bridgehead atoms. The van der Waals surface area contributed by atoms with Gasteiger partial charge in [0.2, 0.25) is 0 Å². The zero-order chi connectivity index (χ0) is 18.0. The van der Waals surface area contributed by atoms with Crippen molar-refractivity contribution in [3.05, 3.63) is 23.5 Å². The molecule has 1 saturated carbocycles. The number of hydrogen-bond donors (Lipinski definition) is 2. The fourth-order valence-corrected chi connectivity index (χ4v) is 3.47. The molecule has 1 aliphatic rings. The van der Waals surface area contributed by atoms with Crippen LogP contribution in [0.15, 0.2) is 6.20 Å². The monoisotopic (exact) mass is 347 g/mol. The van der Waals surface area contributed by atoms with Gasteiger partial charge in [0, 0.05) is 19.5 Å². The highest BCUT2D eigenvalue weighted by molar-refractivity contribution is 5.04. The zero-order valence-corrected chi connectivity index (χ0v) is 15.6. The van der Waals surface area contributed by atoms with E-state index in [9.17, 15) is 5.11 Å². The minimum atomic E-state index is -0.967. The molecular formula is C17H29N7O. The number of rotatable bonds is 6. The highest BCUT2D eigenvalue weighted by Crippen LogP contribution is 2.29. The molecule has 1 fully saturated rings. The Labute approximate surface area is 148 Å². The van der Waals surface area contributed by atoms with E-state index < -0.39 is 5.60 Å². The van der Waals surface area contributed by atoms with E-state index in [0.717, 1.165) is 30.9 Å². The predicted molar refractivity (Wildman–Crippen MR) is 93.8 cm³/mol. The van der Waals surface area contributed by atoms with Gasteiger partial charge in [0.1, 0.15) is 22.9 Å². The number of aliphatic hydroxyl groups is 1. The van der Waals surface area contributed by atoms with Crippen molar-refractivity contribution < 1.29 is 5.11 Å². The average Bonchev–Trinajstić information content (AvgIpc) is 3.20. The second-order valence-corrected chi connectivity index (χ2v) is 7.43. The average molecular weight is 347 g/mol. The van der Waals surface area contributed by atoms with Gasteiger partial charge >= 0.3 is 0 Å². The maximum atomic E-state index is 10.1. The summed E-state index contributed by atoms with van der Waals surface area (Å²) in [4.78, 5) is 0. The molecule has 2 heterocycles. The summed E-state index contributed by atoms with van der Waals surface area (Å²) >= 11 is 0. The summed E-state index contributed by atoms with van der Waals surface area (Å²) in [7, 11) is 2.02. The van der Waals surface area contributed by atoms with Crippen molar-refractivity contribution >= 4 is 0 Å². The Balaban J connectivity index is 1.70. The molecule has 0 radical (unpaired) electrons. The van der Waals surface area contributed by atoms with E-state index in [4.69, 9.17) is 0 Å². The number of aromatic nitrogens is 6. The lowest BCUT2D eigenvalue weighted by Crippen LogP contribution is -2.40. The van der Waals surface area contributed by atoms with Crippen LogP contribution in [0.25, 0.3) is 0 Å². The predicted octanol–water partition coefficient (Wildman–Crippen LogP) is 1.47. The normalized spacial score (nSPS) is 21.6. The molecule has 8 nitrogen and oxygen atoms in total. The van der Waals surface area contributed by atoms with Crippen molar-refractivity contribution in [2.75, 3.05) is 0 Å². The molecule has 138 valence electrons. The Morgan fingerprint density at radius 3 is 2.56 bits per heavy atom. The molecular weight excluding hydrogens is 318 g/mol.